The molecule has 0 saturated carbocycles. The zero-order valence-electron chi connectivity index (χ0n) is 14.8. The summed E-state index contributed by atoms with van der Waals surface area (Å²) in [5, 5.41) is 3.00. The third-order valence-electron chi connectivity index (χ3n) is 4.44. The second-order valence-corrected chi connectivity index (χ2v) is 5.95. The van der Waals surface area contributed by atoms with Gasteiger partial charge in [0.15, 0.2) is 0 Å². The molecule has 1 heterocycles. The van der Waals surface area contributed by atoms with Crippen LogP contribution in [0.25, 0.3) is 0 Å². The van der Waals surface area contributed by atoms with Crippen LogP contribution in [0.5, 0.6) is 11.5 Å². The van der Waals surface area contributed by atoms with Crippen molar-refractivity contribution in [3.05, 3.63) is 23.8 Å². The SMILES string of the molecule is CC[C@@H](C(=O)N[C@@H](C)c1cc(OC)ccc1OC)N1CCCC1=O. The van der Waals surface area contributed by atoms with E-state index in [9.17, 15) is 9.59 Å². The van der Waals surface area contributed by atoms with Gasteiger partial charge in [0, 0.05) is 18.5 Å². The van der Waals surface area contributed by atoms with Crippen molar-refractivity contribution in [2.75, 3.05) is 20.8 Å². The van der Waals surface area contributed by atoms with Crippen molar-refractivity contribution in [1.29, 1.82) is 0 Å². The van der Waals surface area contributed by atoms with E-state index in [1.54, 1.807) is 19.1 Å². The molecule has 1 saturated heterocycles. The zero-order chi connectivity index (χ0) is 17.7. The number of hydrogen-bond acceptors (Lipinski definition) is 4. The number of ether oxygens (including phenoxy) is 2. The lowest BCUT2D eigenvalue weighted by molar-refractivity contribution is -0.137. The lowest BCUT2D eigenvalue weighted by Gasteiger charge is -2.27. The molecule has 132 valence electrons. The largest absolute Gasteiger partial charge is 0.497 e. The summed E-state index contributed by atoms with van der Waals surface area (Å²) in [4.78, 5) is 26.3. The number of carbonyl (C=O) groups excluding carboxylic acids is 2. The first-order valence-electron chi connectivity index (χ1n) is 8.33. The van der Waals surface area contributed by atoms with Gasteiger partial charge in [-0.25, -0.2) is 0 Å². The molecule has 0 aliphatic carbocycles. The minimum atomic E-state index is -0.418. The van der Waals surface area contributed by atoms with Gasteiger partial charge in [0.2, 0.25) is 11.8 Å². The van der Waals surface area contributed by atoms with Crippen LogP contribution in [0.4, 0.5) is 0 Å². The highest BCUT2D eigenvalue weighted by Crippen LogP contribution is 2.29. The van der Waals surface area contributed by atoms with Crippen molar-refractivity contribution in [1.82, 2.24) is 10.2 Å². The van der Waals surface area contributed by atoms with E-state index in [-0.39, 0.29) is 17.9 Å². The molecule has 0 bridgehead atoms. The fourth-order valence-electron chi connectivity index (χ4n) is 3.11. The van der Waals surface area contributed by atoms with E-state index in [4.69, 9.17) is 9.47 Å². The number of amides is 2. The molecule has 1 aliphatic rings. The fourth-order valence-corrected chi connectivity index (χ4v) is 3.11. The molecule has 2 atom stereocenters. The maximum Gasteiger partial charge on any atom is 0.243 e. The monoisotopic (exact) mass is 334 g/mol. The van der Waals surface area contributed by atoms with E-state index in [0.717, 1.165) is 12.0 Å². The van der Waals surface area contributed by atoms with Gasteiger partial charge in [-0.3, -0.25) is 9.59 Å². The quantitative estimate of drug-likeness (QED) is 0.831. The van der Waals surface area contributed by atoms with Gasteiger partial charge in [-0.15, -0.1) is 0 Å². The first-order valence-corrected chi connectivity index (χ1v) is 8.33. The highest BCUT2D eigenvalue weighted by atomic mass is 16.5. The number of nitrogens with one attached hydrogen (secondary N) is 1. The minimum absolute atomic E-state index is 0.0589. The molecular formula is C18H26N2O4. The molecule has 6 heteroatoms. The molecule has 6 nitrogen and oxygen atoms in total. The molecular weight excluding hydrogens is 308 g/mol. The Hall–Kier alpha value is -2.24. The van der Waals surface area contributed by atoms with Crippen LogP contribution in [0.15, 0.2) is 18.2 Å². The average molecular weight is 334 g/mol. The molecule has 0 aromatic heterocycles. The van der Waals surface area contributed by atoms with Gasteiger partial charge < -0.3 is 19.7 Å². The van der Waals surface area contributed by atoms with Gasteiger partial charge in [-0.05, 0) is 38.0 Å². The molecule has 1 aromatic rings. The molecule has 1 aromatic carbocycles. The standard InChI is InChI=1S/C18H26N2O4/c1-5-15(20-10-6-7-17(20)21)18(22)19-12(2)14-11-13(23-3)8-9-16(14)24-4/h8-9,11-12,15H,5-7,10H2,1-4H3,(H,19,22)/t12-,15-/m0/s1. The third-order valence-corrected chi connectivity index (χ3v) is 4.44. The molecule has 2 rings (SSSR count). The van der Waals surface area contributed by atoms with Gasteiger partial charge in [0.1, 0.15) is 17.5 Å². The predicted octanol–water partition coefficient (Wildman–Crippen LogP) is 2.28. The van der Waals surface area contributed by atoms with Gasteiger partial charge in [-0.1, -0.05) is 6.92 Å². The minimum Gasteiger partial charge on any atom is -0.497 e. The molecule has 1 N–H and O–H groups in total. The van der Waals surface area contributed by atoms with Crippen LogP contribution in [-0.2, 0) is 9.59 Å². The van der Waals surface area contributed by atoms with Gasteiger partial charge in [0.25, 0.3) is 0 Å². The van der Waals surface area contributed by atoms with Crippen LogP contribution in [0.3, 0.4) is 0 Å². The second kappa shape index (κ2) is 8.04. The van der Waals surface area contributed by atoms with E-state index >= 15 is 0 Å². The predicted molar refractivity (Wildman–Crippen MR) is 91.1 cm³/mol. The van der Waals surface area contributed by atoms with Gasteiger partial charge in [0.05, 0.1) is 20.3 Å². The van der Waals surface area contributed by atoms with Crippen molar-refractivity contribution in [3.8, 4) is 11.5 Å². The zero-order valence-corrected chi connectivity index (χ0v) is 14.8. The Morgan fingerprint density at radius 3 is 2.62 bits per heavy atom. The van der Waals surface area contributed by atoms with E-state index in [1.807, 2.05) is 32.0 Å². The van der Waals surface area contributed by atoms with Crippen molar-refractivity contribution in [2.45, 2.75) is 45.2 Å². The normalized spacial score (nSPS) is 16.7. The third kappa shape index (κ3) is 3.80. The summed E-state index contributed by atoms with van der Waals surface area (Å²) in [5.41, 5.74) is 0.841. The summed E-state index contributed by atoms with van der Waals surface area (Å²) in [6.45, 7) is 4.47. The molecule has 0 unspecified atom stereocenters. The molecule has 24 heavy (non-hydrogen) atoms. The maximum atomic E-state index is 12.7. The summed E-state index contributed by atoms with van der Waals surface area (Å²) in [7, 11) is 3.19. The van der Waals surface area contributed by atoms with Crippen LogP contribution >= 0.6 is 0 Å². The van der Waals surface area contributed by atoms with E-state index in [0.29, 0.717) is 30.9 Å². The number of rotatable bonds is 7. The summed E-state index contributed by atoms with van der Waals surface area (Å²) < 4.78 is 10.6. The number of carbonyl (C=O) groups is 2. The van der Waals surface area contributed by atoms with Crippen molar-refractivity contribution in [3.63, 3.8) is 0 Å². The number of likely N-dealkylation sites (tertiary alicyclic amines) is 1. The van der Waals surface area contributed by atoms with E-state index in [2.05, 4.69) is 5.32 Å². The summed E-state index contributed by atoms with van der Waals surface area (Å²) in [5.74, 6) is 1.32. The van der Waals surface area contributed by atoms with Crippen molar-refractivity contribution >= 4 is 11.8 Å². The van der Waals surface area contributed by atoms with Crippen LogP contribution < -0.4 is 14.8 Å². The molecule has 0 radical (unpaired) electrons. The molecule has 1 aliphatic heterocycles. The first-order chi connectivity index (χ1) is 11.5. The number of hydrogen-bond donors (Lipinski definition) is 1. The fraction of sp³-hybridized carbons (Fsp3) is 0.556. The van der Waals surface area contributed by atoms with Gasteiger partial charge in [-0.2, -0.15) is 0 Å². The Morgan fingerprint density at radius 2 is 2.08 bits per heavy atom. The van der Waals surface area contributed by atoms with Crippen LogP contribution in [0.2, 0.25) is 0 Å². The van der Waals surface area contributed by atoms with Crippen molar-refractivity contribution < 1.29 is 19.1 Å². The Labute approximate surface area is 143 Å². The average Bonchev–Trinajstić information content (AvgIpc) is 3.00. The van der Waals surface area contributed by atoms with Crippen molar-refractivity contribution in [2.24, 2.45) is 0 Å². The highest BCUT2D eigenvalue weighted by molar-refractivity contribution is 5.88. The van der Waals surface area contributed by atoms with Crippen LogP contribution in [0, 0.1) is 0 Å². The van der Waals surface area contributed by atoms with Crippen LogP contribution in [0.1, 0.15) is 44.7 Å². The lowest BCUT2D eigenvalue weighted by atomic mass is 10.1. The highest BCUT2D eigenvalue weighted by Gasteiger charge is 2.32. The number of benzene rings is 1. The Balaban J connectivity index is 2.14. The second-order valence-electron chi connectivity index (χ2n) is 5.95. The topological polar surface area (TPSA) is 67.9 Å². The van der Waals surface area contributed by atoms with Gasteiger partial charge >= 0.3 is 0 Å². The van der Waals surface area contributed by atoms with E-state index < -0.39 is 6.04 Å². The molecule has 0 spiro atoms. The summed E-state index contributed by atoms with van der Waals surface area (Å²) in [6.07, 6.45) is 1.95. The van der Waals surface area contributed by atoms with Crippen LogP contribution in [-0.4, -0.2) is 43.5 Å². The Bertz CT molecular complexity index is 603. The number of nitrogens with zero attached hydrogens (tertiary/aromatic N) is 1. The summed E-state index contributed by atoms with van der Waals surface area (Å²) >= 11 is 0. The Morgan fingerprint density at radius 1 is 1.33 bits per heavy atom. The smallest absolute Gasteiger partial charge is 0.243 e. The Kier molecular flexibility index (Phi) is 6.06. The first kappa shape index (κ1) is 18.1. The summed E-state index contributed by atoms with van der Waals surface area (Å²) in [6, 6.07) is 4.81. The molecule has 1 fully saturated rings. The maximum absolute atomic E-state index is 12.7. The molecule has 2 amide bonds. The number of methoxy groups -OCH3 is 2. The lowest BCUT2D eigenvalue weighted by Crippen LogP contribution is -2.47. The van der Waals surface area contributed by atoms with E-state index in [1.165, 1.54) is 0 Å².